The van der Waals surface area contributed by atoms with Crippen molar-refractivity contribution in [1.82, 2.24) is 4.90 Å². The summed E-state index contributed by atoms with van der Waals surface area (Å²) in [5.41, 5.74) is 0.678. The molecule has 0 aliphatic carbocycles. The number of carbonyl (C=O) groups is 1. The van der Waals surface area contributed by atoms with Gasteiger partial charge in [0.15, 0.2) is 11.5 Å². The molecule has 4 nitrogen and oxygen atoms in total. The molecule has 2 aliphatic rings. The van der Waals surface area contributed by atoms with E-state index in [1.807, 2.05) is 6.07 Å². The summed E-state index contributed by atoms with van der Waals surface area (Å²) in [4.78, 5) is 15.5. The molecular formula is C16H20BrNO3. The quantitative estimate of drug-likeness (QED) is 0.783. The van der Waals surface area contributed by atoms with Gasteiger partial charge in [-0.25, -0.2) is 0 Å². The van der Waals surface area contributed by atoms with Gasteiger partial charge in [0.1, 0.15) is 0 Å². The smallest absolute Gasteiger partial charge is 0.254 e. The van der Waals surface area contributed by atoms with E-state index in [1.54, 1.807) is 26.4 Å². The maximum Gasteiger partial charge on any atom is 0.254 e. The van der Waals surface area contributed by atoms with Crippen LogP contribution in [0.3, 0.4) is 0 Å². The number of alkyl halides is 1. The Balaban J connectivity index is 1.86. The highest BCUT2D eigenvalue weighted by molar-refractivity contribution is 9.09. The molecule has 2 saturated heterocycles. The minimum absolute atomic E-state index is 0.114. The van der Waals surface area contributed by atoms with Gasteiger partial charge in [0, 0.05) is 22.5 Å². The average molecular weight is 354 g/mol. The van der Waals surface area contributed by atoms with Crippen LogP contribution in [0.25, 0.3) is 0 Å². The number of amides is 1. The number of carbonyl (C=O) groups excluding carboxylic acids is 1. The van der Waals surface area contributed by atoms with Crippen molar-refractivity contribution < 1.29 is 14.3 Å². The molecule has 1 aromatic carbocycles. The molecule has 3 rings (SSSR count). The zero-order valence-electron chi connectivity index (χ0n) is 12.3. The van der Waals surface area contributed by atoms with E-state index in [1.165, 1.54) is 0 Å². The van der Waals surface area contributed by atoms with Crippen LogP contribution >= 0.6 is 15.9 Å². The molecular weight excluding hydrogens is 334 g/mol. The highest BCUT2D eigenvalue weighted by atomic mass is 79.9. The van der Waals surface area contributed by atoms with Crippen LogP contribution in [0.2, 0.25) is 0 Å². The molecule has 0 aromatic heterocycles. The second kappa shape index (κ2) is 5.87. The maximum atomic E-state index is 12.8. The first-order valence-electron chi connectivity index (χ1n) is 7.32. The Kier molecular flexibility index (Phi) is 4.11. The van der Waals surface area contributed by atoms with E-state index in [2.05, 4.69) is 20.8 Å². The third kappa shape index (κ3) is 2.63. The van der Waals surface area contributed by atoms with Crippen LogP contribution in [-0.4, -0.2) is 41.9 Å². The highest BCUT2D eigenvalue weighted by Crippen LogP contribution is 2.39. The Morgan fingerprint density at radius 1 is 1.14 bits per heavy atom. The Hall–Kier alpha value is -1.23. The molecule has 2 unspecified atom stereocenters. The second-order valence-electron chi connectivity index (χ2n) is 5.74. The zero-order chi connectivity index (χ0) is 15.0. The number of fused-ring (bicyclic) bond motifs is 2. The summed E-state index contributed by atoms with van der Waals surface area (Å²) in [6.45, 7) is 0. The van der Waals surface area contributed by atoms with Crippen molar-refractivity contribution in [3.8, 4) is 11.5 Å². The van der Waals surface area contributed by atoms with E-state index < -0.39 is 0 Å². The third-order valence-corrected chi connectivity index (χ3v) is 5.29. The summed E-state index contributed by atoms with van der Waals surface area (Å²) in [7, 11) is 3.19. The summed E-state index contributed by atoms with van der Waals surface area (Å²) in [5.74, 6) is 1.37. The van der Waals surface area contributed by atoms with Crippen LogP contribution in [0.15, 0.2) is 18.2 Å². The van der Waals surface area contributed by atoms with Gasteiger partial charge in [0.25, 0.3) is 5.91 Å². The lowest BCUT2D eigenvalue weighted by atomic mass is 10.0. The van der Waals surface area contributed by atoms with Crippen molar-refractivity contribution in [3.63, 3.8) is 0 Å². The summed E-state index contributed by atoms with van der Waals surface area (Å²) >= 11 is 3.71. The van der Waals surface area contributed by atoms with Crippen LogP contribution in [0.1, 0.15) is 36.0 Å². The van der Waals surface area contributed by atoms with Crippen molar-refractivity contribution in [1.29, 1.82) is 0 Å². The van der Waals surface area contributed by atoms with Gasteiger partial charge < -0.3 is 14.4 Å². The molecule has 1 aromatic rings. The third-order valence-electron chi connectivity index (χ3n) is 4.54. The van der Waals surface area contributed by atoms with Crippen LogP contribution in [0.5, 0.6) is 11.5 Å². The second-order valence-corrected chi connectivity index (χ2v) is 7.03. The zero-order valence-corrected chi connectivity index (χ0v) is 13.9. The lowest BCUT2D eigenvalue weighted by molar-refractivity contribution is 0.0603. The first-order chi connectivity index (χ1) is 10.1. The Labute approximate surface area is 133 Å². The van der Waals surface area contributed by atoms with Crippen molar-refractivity contribution in [3.05, 3.63) is 23.8 Å². The van der Waals surface area contributed by atoms with Gasteiger partial charge in [-0.3, -0.25) is 4.79 Å². The molecule has 0 saturated carbocycles. The van der Waals surface area contributed by atoms with Crippen molar-refractivity contribution in [2.75, 3.05) is 14.2 Å². The molecule has 0 N–H and O–H groups in total. The van der Waals surface area contributed by atoms with Crippen molar-refractivity contribution >= 4 is 21.8 Å². The molecule has 2 atom stereocenters. The number of piperidine rings is 1. The van der Waals surface area contributed by atoms with Crippen LogP contribution < -0.4 is 9.47 Å². The van der Waals surface area contributed by atoms with Gasteiger partial charge in [-0.2, -0.15) is 0 Å². The molecule has 0 spiro atoms. The number of methoxy groups -OCH3 is 2. The first-order valence-corrected chi connectivity index (χ1v) is 8.24. The minimum Gasteiger partial charge on any atom is -0.493 e. The van der Waals surface area contributed by atoms with Gasteiger partial charge in [-0.15, -0.1) is 0 Å². The molecule has 2 fully saturated rings. The molecule has 2 heterocycles. The lowest BCUT2D eigenvalue weighted by Crippen LogP contribution is -2.46. The Bertz CT molecular complexity index is 534. The van der Waals surface area contributed by atoms with Crippen LogP contribution in [0.4, 0.5) is 0 Å². The summed E-state index contributed by atoms with van der Waals surface area (Å²) in [6.07, 6.45) is 4.34. The van der Waals surface area contributed by atoms with Gasteiger partial charge in [0.2, 0.25) is 0 Å². The molecule has 21 heavy (non-hydrogen) atoms. The molecule has 114 valence electrons. The fourth-order valence-corrected chi connectivity index (χ4v) is 4.42. The van der Waals surface area contributed by atoms with Crippen molar-refractivity contribution in [2.45, 2.75) is 42.6 Å². The van der Waals surface area contributed by atoms with E-state index >= 15 is 0 Å². The largest absolute Gasteiger partial charge is 0.493 e. The number of benzene rings is 1. The van der Waals surface area contributed by atoms with Crippen LogP contribution in [0, 0.1) is 0 Å². The van der Waals surface area contributed by atoms with E-state index in [0.29, 0.717) is 34.0 Å². The number of hydrogen-bond donors (Lipinski definition) is 0. The maximum absolute atomic E-state index is 12.8. The molecule has 2 aliphatic heterocycles. The van der Waals surface area contributed by atoms with E-state index in [4.69, 9.17) is 9.47 Å². The normalized spacial score (nSPS) is 27.6. The van der Waals surface area contributed by atoms with Gasteiger partial charge in [0.05, 0.1) is 14.2 Å². The number of hydrogen-bond acceptors (Lipinski definition) is 3. The Morgan fingerprint density at radius 3 is 2.33 bits per heavy atom. The summed E-state index contributed by atoms with van der Waals surface area (Å²) in [6, 6.07) is 6.14. The number of ether oxygens (including phenoxy) is 2. The molecule has 0 radical (unpaired) electrons. The summed E-state index contributed by atoms with van der Waals surface area (Å²) in [5, 5.41) is 0. The van der Waals surface area contributed by atoms with E-state index in [-0.39, 0.29) is 5.91 Å². The fourth-order valence-electron chi connectivity index (χ4n) is 3.56. The number of halogens is 1. The fraction of sp³-hybridized carbons (Fsp3) is 0.562. The van der Waals surface area contributed by atoms with E-state index in [0.717, 1.165) is 25.7 Å². The predicted octanol–water partition coefficient (Wildman–Crippen LogP) is 3.23. The standard InChI is InChI=1S/C16H20BrNO3/c1-20-14-6-3-10(7-15(14)21-2)16(19)18-12-4-5-13(18)9-11(17)8-12/h3,6-7,11-13H,4-5,8-9H2,1-2H3. The molecule has 1 amide bonds. The topological polar surface area (TPSA) is 38.8 Å². The molecule has 5 heteroatoms. The SMILES string of the molecule is COc1ccc(C(=O)N2C3CCC2CC(Br)C3)cc1OC. The number of rotatable bonds is 3. The van der Waals surface area contributed by atoms with Gasteiger partial charge >= 0.3 is 0 Å². The van der Waals surface area contributed by atoms with Crippen LogP contribution in [-0.2, 0) is 0 Å². The highest BCUT2D eigenvalue weighted by Gasteiger charge is 2.42. The minimum atomic E-state index is 0.114. The van der Waals surface area contributed by atoms with E-state index in [9.17, 15) is 4.79 Å². The Morgan fingerprint density at radius 2 is 1.76 bits per heavy atom. The first kappa shape index (κ1) is 14.7. The van der Waals surface area contributed by atoms with Gasteiger partial charge in [-0.05, 0) is 43.9 Å². The van der Waals surface area contributed by atoms with Crippen molar-refractivity contribution in [2.24, 2.45) is 0 Å². The predicted molar refractivity (Wildman–Crippen MR) is 84.5 cm³/mol. The summed E-state index contributed by atoms with van der Waals surface area (Å²) < 4.78 is 10.5. The number of nitrogens with zero attached hydrogens (tertiary/aromatic N) is 1. The molecule has 2 bridgehead atoms. The lowest BCUT2D eigenvalue weighted by Gasteiger charge is -2.37. The monoisotopic (exact) mass is 353 g/mol. The van der Waals surface area contributed by atoms with Gasteiger partial charge in [-0.1, -0.05) is 15.9 Å². The average Bonchev–Trinajstić information content (AvgIpc) is 2.77.